The van der Waals surface area contributed by atoms with Crippen LogP contribution in [0.1, 0.15) is 42.6 Å². The molecule has 2 fully saturated rings. The largest absolute Gasteiger partial charge is 0.496 e. The number of piperidine rings is 1. The molecule has 2 aliphatic heterocycles. The lowest BCUT2D eigenvalue weighted by Crippen LogP contribution is -2.33. The van der Waals surface area contributed by atoms with Crippen LogP contribution in [0, 0.1) is 10.1 Å². The molecule has 0 radical (unpaired) electrons. The van der Waals surface area contributed by atoms with E-state index in [0.29, 0.717) is 30.4 Å². The van der Waals surface area contributed by atoms with Gasteiger partial charge in [-0.15, -0.1) is 0 Å². The van der Waals surface area contributed by atoms with Crippen LogP contribution in [0.3, 0.4) is 0 Å². The Morgan fingerprint density at radius 3 is 2.52 bits per heavy atom. The van der Waals surface area contributed by atoms with Crippen molar-refractivity contribution in [1.82, 2.24) is 0 Å². The van der Waals surface area contributed by atoms with E-state index in [4.69, 9.17) is 14.2 Å². The summed E-state index contributed by atoms with van der Waals surface area (Å²) in [6.07, 6.45) is 2.17. The second kappa shape index (κ2) is 8.80. The molecule has 29 heavy (non-hydrogen) atoms. The molecular weight excluding hydrogens is 372 g/mol. The minimum absolute atomic E-state index is 0.107. The lowest BCUT2D eigenvalue weighted by molar-refractivity contribution is -0.384. The molecule has 2 aromatic rings. The molecule has 0 N–H and O–H groups in total. The van der Waals surface area contributed by atoms with E-state index >= 15 is 0 Å². The zero-order valence-electron chi connectivity index (χ0n) is 16.6. The number of methoxy groups -OCH3 is 1. The first-order chi connectivity index (χ1) is 14.2. The standard InChI is InChI=1S/C22H26N2O5/c1-27-21-6-3-2-5-18(21)16-9-11-23(12-10-16)19-8-7-17(15-20(19)24(25)26)22-28-13-4-14-29-22/h2-3,5-8,15-16,22H,4,9-14H2,1H3. The van der Waals surface area contributed by atoms with E-state index in [1.54, 1.807) is 13.2 Å². The van der Waals surface area contributed by atoms with Crippen molar-refractivity contribution in [2.24, 2.45) is 0 Å². The lowest BCUT2D eigenvalue weighted by atomic mass is 9.88. The van der Waals surface area contributed by atoms with Gasteiger partial charge in [0.05, 0.1) is 25.2 Å². The summed E-state index contributed by atoms with van der Waals surface area (Å²) >= 11 is 0. The van der Waals surface area contributed by atoms with Gasteiger partial charge in [0.15, 0.2) is 6.29 Å². The predicted octanol–water partition coefficient (Wildman–Crippen LogP) is 4.42. The maximum Gasteiger partial charge on any atom is 0.292 e. The van der Waals surface area contributed by atoms with Gasteiger partial charge in [0, 0.05) is 24.7 Å². The Morgan fingerprint density at radius 1 is 1.10 bits per heavy atom. The van der Waals surface area contributed by atoms with Crippen LogP contribution in [-0.2, 0) is 9.47 Å². The van der Waals surface area contributed by atoms with Gasteiger partial charge in [-0.1, -0.05) is 24.3 Å². The van der Waals surface area contributed by atoms with Gasteiger partial charge in [-0.3, -0.25) is 10.1 Å². The van der Waals surface area contributed by atoms with Gasteiger partial charge in [0.2, 0.25) is 0 Å². The number of nitro benzene ring substituents is 1. The predicted molar refractivity (Wildman–Crippen MR) is 110 cm³/mol. The van der Waals surface area contributed by atoms with E-state index in [-0.39, 0.29) is 10.6 Å². The Hall–Kier alpha value is -2.64. The van der Waals surface area contributed by atoms with Crippen LogP contribution in [0.5, 0.6) is 5.75 Å². The molecule has 7 heteroatoms. The maximum atomic E-state index is 11.7. The first-order valence-corrected chi connectivity index (χ1v) is 10.1. The first kappa shape index (κ1) is 19.7. The van der Waals surface area contributed by atoms with Crippen LogP contribution >= 0.6 is 0 Å². The van der Waals surface area contributed by atoms with Crippen molar-refractivity contribution in [1.29, 1.82) is 0 Å². The van der Waals surface area contributed by atoms with Crippen molar-refractivity contribution < 1.29 is 19.1 Å². The van der Waals surface area contributed by atoms with Gasteiger partial charge >= 0.3 is 0 Å². The fourth-order valence-corrected chi connectivity index (χ4v) is 4.22. The molecule has 4 rings (SSSR count). The molecule has 0 aromatic heterocycles. The number of hydrogen-bond donors (Lipinski definition) is 0. The van der Waals surface area contributed by atoms with Crippen molar-refractivity contribution in [2.45, 2.75) is 31.5 Å². The number of ether oxygens (including phenoxy) is 3. The number of nitro groups is 1. The first-order valence-electron chi connectivity index (χ1n) is 10.1. The van der Waals surface area contributed by atoms with Crippen molar-refractivity contribution in [3.05, 3.63) is 63.7 Å². The van der Waals surface area contributed by atoms with E-state index in [1.807, 2.05) is 30.3 Å². The van der Waals surface area contributed by atoms with Gasteiger partial charge in [0.1, 0.15) is 11.4 Å². The van der Waals surface area contributed by atoms with Gasteiger partial charge < -0.3 is 19.1 Å². The third-order valence-electron chi connectivity index (χ3n) is 5.71. The summed E-state index contributed by atoms with van der Waals surface area (Å²) in [5.41, 5.74) is 2.68. The Morgan fingerprint density at radius 2 is 1.83 bits per heavy atom. The highest BCUT2D eigenvalue weighted by Gasteiger charge is 2.28. The molecule has 2 aromatic carbocycles. The van der Waals surface area contributed by atoms with Crippen LogP contribution < -0.4 is 9.64 Å². The normalized spacial score (nSPS) is 18.6. The van der Waals surface area contributed by atoms with Crippen molar-refractivity contribution in [2.75, 3.05) is 38.3 Å². The summed E-state index contributed by atoms with van der Waals surface area (Å²) in [7, 11) is 1.69. The van der Waals surface area contributed by atoms with Crippen molar-refractivity contribution >= 4 is 11.4 Å². The Kier molecular flexibility index (Phi) is 5.97. The van der Waals surface area contributed by atoms with Crippen LogP contribution in [-0.4, -0.2) is 38.3 Å². The number of nitrogens with zero attached hydrogens (tertiary/aromatic N) is 2. The van der Waals surface area contributed by atoms with Gasteiger partial charge in [0.25, 0.3) is 5.69 Å². The fraction of sp³-hybridized carbons (Fsp3) is 0.455. The summed E-state index contributed by atoms with van der Waals surface area (Å²) in [6.45, 7) is 2.74. The summed E-state index contributed by atoms with van der Waals surface area (Å²) in [5.74, 6) is 1.30. The third kappa shape index (κ3) is 4.21. The van der Waals surface area contributed by atoms with E-state index in [9.17, 15) is 10.1 Å². The summed E-state index contributed by atoms with van der Waals surface area (Å²) in [6, 6.07) is 13.4. The highest BCUT2D eigenvalue weighted by atomic mass is 16.7. The van der Waals surface area contributed by atoms with Crippen LogP contribution in [0.15, 0.2) is 42.5 Å². The zero-order chi connectivity index (χ0) is 20.2. The smallest absolute Gasteiger partial charge is 0.292 e. The van der Waals surface area contributed by atoms with Gasteiger partial charge in [-0.2, -0.15) is 0 Å². The van der Waals surface area contributed by atoms with E-state index in [2.05, 4.69) is 11.0 Å². The number of anilines is 1. The van der Waals surface area contributed by atoms with Gasteiger partial charge in [-0.25, -0.2) is 0 Å². The van der Waals surface area contributed by atoms with Crippen molar-refractivity contribution in [3.8, 4) is 5.75 Å². The van der Waals surface area contributed by atoms with Gasteiger partial charge in [-0.05, 0) is 42.9 Å². The average molecular weight is 398 g/mol. The highest BCUT2D eigenvalue weighted by molar-refractivity contribution is 5.65. The second-order valence-electron chi connectivity index (χ2n) is 7.44. The zero-order valence-corrected chi connectivity index (χ0v) is 16.6. The number of benzene rings is 2. The number of para-hydroxylation sites is 1. The molecule has 0 atom stereocenters. The fourth-order valence-electron chi connectivity index (χ4n) is 4.22. The quantitative estimate of drug-likeness (QED) is 0.548. The minimum Gasteiger partial charge on any atom is -0.496 e. The molecule has 7 nitrogen and oxygen atoms in total. The van der Waals surface area contributed by atoms with Crippen molar-refractivity contribution in [3.63, 3.8) is 0 Å². The lowest BCUT2D eigenvalue weighted by Gasteiger charge is -2.34. The third-order valence-corrected chi connectivity index (χ3v) is 5.71. The Balaban J connectivity index is 1.51. The molecule has 2 saturated heterocycles. The van der Waals surface area contributed by atoms with Crippen LogP contribution in [0.2, 0.25) is 0 Å². The Bertz CT molecular complexity index is 858. The SMILES string of the molecule is COc1ccccc1C1CCN(c2ccc(C3OCCCO3)cc2[N+](=O)[O-])CC1. The van der Waals surface area contributed by atoms with E-state index in [1.165, 1.54) is 5.56 Å². The molecule has 0 bridgehead atoms. The molecule has 154 valence electrons. The minimum atomic E-state index is -0.521. The van der Waals surface area contributed by atoms with E-state index < -0.39 is 6.29 Å². The summed E-state index contributed by atoms with van der Waals surface area (Å²) in [4.78, 5) is 13.5. The summed E-state index contributed by atoms with van der Waals surface area (Å²) < 4.78 is 16.7. The molecule has 0 aliphatic carbocycles. The maximum absolute atomic E-state index is 11.7. The Labute approximate surface area is 170 Å². The number of hydrogen-bond acceptors (Lipinski definition) is 6. The molecule has 2 aliphatic rings. The molecule has 2 heterocycles. The van der Waals surface area contributed by atoms with Crippen LogP contribution in [0.25, 0.3) is 0 Å². The van der Waals surface area contributed by atoms with E-state index in [0.717, 1.165) is 38.1 Å². The molecule has 0 amide bonds. The monoisotopic (exact) mass is 398 g/mol. The number of rotatable bonds is 5. The summed E-state index contributed by atoms with van der Waals surface area (Å²) in [5, 5.41) is 11.7. The molecular formula is C22H26N2O5. The molecule has 0 unspecified atom stereocenters. The van der Waals surface area contributed by atoms with Crippen LogP contribution in [0.4, 0.5) is 11.4 Å². The molecule has 0 spiro atoms. The molecule has 0 saturated carbocycles. The topological polar surface area (TPSA) is 74.1 Å². The average Bonchev–Trinajstić information content (AvgIpc) is 2.79. The second-order valence-corrected chi connectivity index (χ2v) is 7.44. The highest BCUT2D eigenvalue weighted by Crippen LogP contribution is 2.39.